The molecular weight excluding hydrogens is 694 g/mol. The van der Waals surface area contributed by atoms with Crippen molar-refractivity contribution in [2.24, 2.45) is 0 Å². The predicted octanol–water partition coefficient (Wildman–Crippen LogP) is 6.89. The van der Waals surface area contributed by atoms with Crippen molar-refractivity contribution < 1.29 is 14.3 Å². The number of aliphatic hydroxyl groups excluding tert-OH is 1. The number of rotatable bonds is 8. The molecule has 4 aromatic rings. The smallest absolute Gasteiger partial charge is 0.271 e. The predicted molar refractivity (Wildman–Crippen MR) is 186 cm³/mol. The largest absolute Gasteiger partial charge is 0.390 e. The molecule has 1 atom stereocenters. The third kappa shape index (κ3) is 9.14. The van der Waals surface area contributed by atoms with Crippen LogP contribution in [0.15, 0.2) is 72.8 Å². The number of hydrogen-bond acceptors (Lipinski definition) is 5. The number of aromatic nitrogens is 2. The van der Waals surface area contributed by atoms with E-state index >= 15 is 0 Å². The second-order valence-electron chi connectivity index (χ2n) is 9.77. The second-order valence-corrected chi connectivity index (χ2v) is 10.6. The number of anilines is 1. The Balaban J connectivity index is 0.00000242. The molecule has 1 aromatic heterocycles. The van der Waals surface area contributed by atoms with Crippen molar-refractivity contribution in [1.82, 2.24) is 19.8 Å². The SMILES string of the molecule is Cc1c(C(=O)NCC(O)CN2CCN(c3cccc(Cl)c3Cl)CC2)nc(-c2ccccc2)n1-c1ccc(F)cc1.Cl.Cl.Cl.Cl. The first kappa shape index (κ1) is 39.8. The number of carbonyl (C=O) groups is 1. The van der Waals surface area contributed by atoms with Gasteiger partial charge in [-0.25, -0.2) is 9.37 Å². The van der Waals surface area contributed by atoms with E-state index in [2.05, 4.69) is 20.1 Å². The fourth-order valence-electron chi connectivity index (χ4n) is 4.97. The van der Waals surface area contributed by atoms with Crippen molar-refractivity contribution in [3.05, 3.63) is 100 Å². The topological polar surface area (TPSA) is 73.6 Å². The van der Waals surface area contributed by atoms with Gasteiger partial charge in [-0.2, -0.15) is 0 Å². The Hall–Kier alpha value is -2.27. The molecule has 7 nitrogen and oxygen atoms in total. The van der Waals surface area contributed by atoms with E-state index in [-0.39, 0.29) is 73.6 Å². The van der Waals surface area contributed by atoms with Crippen LogP contribution in [0.3, 0.4) is 0 Å². The van der Waals surface area contributed by atoms with E-state index in [9.17, 15) is 14.3 Å². The highest BCUT2D eigenvalue weighted by molar-refractivity contribution is 6.43. The van der Waals surface area contributed by atoms with Crippen LogP contribution in [0.1, 0.15) is 16.2 Å². The zero-order chi connectivity index (χ0) is 28.2. The molecule has 2 N–H and O–H groups in total. The molecule has 1 unspecified atom stereocenters. The van der Waals surface area contributed by atoms with Crippen LogP contribution in [0.4, 0.5) is 10.1 Å². The van der Waals surface area contributed by atoms with Crippen molar-refractivity contribution in [3.63, 3.8) is 0 Å². The molecule has 0 saturated carbocycles. The maximum Gasteiger partial charge on any atom is 0.271 e. The van der Waals surface area contributed by atoms with Crippen molar-refractivity contribution >= 4 is 84.4 Å². The molecule has 0 spiro atoms. The van der Waals surface area contributed by atoms with Gasteiger partial charge in [0.05, 0.1) is 27.5 Å². The molecule has 0 bridgehead atoms. The maximum absolute atomic E-state index is 13.6. The first-order valence-electron chi connectivity index (χ1n) is 13.1. The third-order valence-electron chi connectivity index (χ3n) is 7.05. The Morgan fingerprint density at radius 3 is 2.20 bits per heavy atom. The minimum absolute atomic E-state index is 0. The van der Waals surface area contributed by atoms with E-state index in [1.807, 2.05) is 47.0 Å². The molecule has 3 aromatic carbocycles. The van der Waals surface area contributed by atoms with Crippen LogP contribution in [0, 0.1) is 12.7 Å². The van der Waals surface area contributed by atoms with Gasteiger partial charge in [0, 0.05) is 50.5 Å². The van der Waals surface area contributed by atoms with E-state index < -0.39 is 6.10 Å². The van der Waals surface area contributed by atoms with E-state index in [1.165, 1.54) is 12.1 Å². The number of amides is 1. The molecule has 240 valence electrons. The fourth-order valence-corrected chi connectivity index (χ4v) is 5.38. The maximum atomic E-state index is 13.6. The normalized spacial score (nSPS) is 13.4. The van der Waals surface area contributed by atoms with Crippen LogP contribution >= 0.6 is 72.8 Å². The molecular formula is C30H34Cl6FN5O2. The Kier molecular flexibility index (Phi) is 16.3. The Morgan fingerprint density at radius 2 is 1.57 bits per heavy atom. The van der Waals surface area contributed by atoms with Crippen LogP contribution < -0.4 is 10.2 Å². The summed E-state index contributed by atoms with van der Waals surface area (Å²) in [6.45, 7) is 5.31. The number of piperazine rings is 1. The third-order valence-corrected chi connectivity index (χ3v) is 7.86. The summed E-state index contributed by atoms with van der Waals surface area (Å²) >= 11 is 12.5. The van der Waals surface area contributed by atoms with Gasteiger partial charge in [-0.15, -0.1) is 49.6 Å². The second kappa shape index (κ2) is 18.0. The molecule has 1 aliphatic rings. The number of carbonyl (C=O) groups excluding carboxylic acids is 1. The van der Waals surface area contributed by atoms with Gasteiger partial charge in [0.1, 0.15) is 17.3 Å². The lowest BCUT2D eigenvalue weighted by Gasteiger charge is -2.37. The van der Waals surface area contributed by atoms with Crippen LogP contribution in [-0.2, 0) is 0 Å². The van der Waals surface area contributed by atoms with Crippen LogP contribution in [0.25, 0.3) is 17.1 Å². The standard InChI is InChI=1S/C30H30Cl2FN5O2.4ClH/c1-20-28(35-29(21-6-3-2-4-7-21)38(20)23-12-10-22(33)11-13-23)30(40)34-18-24(39)19-36-14-16-37(17-15-36)26-9-5-8-25(31)27(26)32;;;;/h2-13,24,39H,14-19H2,1H3,(H,34,40);4*1H. The van der Waals surface area contributed by atoms with Gasteiger partial charge in [-0.05, 0) is 43.3 Å². The summed E-state index contributed by atoms with van der Waals surface area (Å²) in [5.74, 6) is -0.146. The number of imidazole rings is 1. The molecule has 1 aliphatic heterocycles. The van der Waals surface area contributed by atoms with Crippen LogP contribution in [0.2, 0.25) is 10.0 Å². The van der Waals surface area contributed by atoms with E-state index in [0.717, 1.165) is 37.4 Å². The fraction of sp³-hybridized carbons (Fsp3) is 0.267. The first-order chi connectivity index (χ1) is 19.3. The summed E-state index contributed by atoms with van der Waals surface area (Å²) in [4.78, 5) is 22.2. The molecule has 0 radical (unpaired) electrons. The molecule has 1 amide bonds. The minimum atomic E-state index is -0.752. The van der Waals surface area contributed by atoms with Crippen molar-refractivity contribution in [2.75, 3.05) is 44.2 Å². The first-order valence-corrected chi connectivity index (χ1v) is 13.9. The number of hydrogen-bond donors (Lipinski definition) is 2. The number of nitrogens with one attached hydrogen (secondary N) is 1. The van der Waals surface area contributed by atoms with E-state index in [1.54, 1.807) is 25.1 Å². The number of halogens is 7. The summed E-state index contributed by atoms with van der Waals surface area (Å²) in [6.07, 6.45) is -0.752. The molecule has 1 saturated heterocycles. The average Bonchev–Trinajstić information content (AvgIpc) is 3.31. The summed E-state index contributed by atoms with van der Waals surface area (Å²) in [5.41, 5.74) is 3.30. The molecule has 14 heteroatoms. The number of nitrogens with zero attached hydrogens (tertiary/aromatic N) is 4. The lowest BCUT2D eigenvalue weighted by Crippen LogP contribution is -2.50. The number of β-amino-alcohol motifs (C(OH)–C–C–N with tert-alkyl or cyclic N) is 1. The Morgan fingerprint density at radius 1 is 0.932 bits per heavy atom. The highest BCUT2D eigenvalue weighted by Gasteiger charge is 2.24. The average molecular weight is 728 g/mol. The molecule has 44 heavy (non-hydrogen) atoms. The minimum Gasteiger partial charge on any atom is -0.390 e. The van der Waals surface area contributed by atoms with Crippen molar-refractivity contribution in [1.29, 1.82) is 0 Å². The van der Waals surface area contributed by atoms with E-state index in [0.29, 0.717) is 33.8 Å². The molecule has 2 heterocycles. The summed E-state index contributed by atoms with van der Waals surface area (Å²) in [6, 6.07) is 21.2. The van der Waals surface area contributed by atoms with Gasteiger partial charge in [-0.3, -0.25) is 14.3 Å². The molecule has 1 fully saturated rings. The summed E-state index contributed by atoms with van der Waals surface area (Å²) in [7, 11) is 0. The van der Waals surface area contributed by atoms with Gasteiger partial charge in [-0.1, -0.05) is 59.6 Å². The van der Waals surface area contributed by atoms with Gasteiger partial charge in [0.15, 0.2) is 0 Å². The van der Waals surface area contributed by atoms with Gasteiger partial charge < -0.3 is 15.3 Å². The lowest BCUT2D eigenvalue weighted by atomic mass is 10.2. The summed E-state index contributed by atoms with van der Waals surface area (Å²) < 4.78 is 15.4. The highest BCUT2D eigenvalue weighted by atomic mass is 35.5. The molecule has 5 rings (SSSR count). The number of aliphatic hydroxyl groups is 1. The lowest BCUT2D eigenvalue weighted by molar-refractivity contribution is 0.0847. The van der Waals surface area contributed by atoms with Gasteiger partial charge >= 0.3 is 0 Å². The van der Waals surface area contributed by atoms with Crippen LogP contribution in [0.5, 0.6) is 0 Å². The monoisotopic (exact) mass is 725 g/mol. The van der Waals surface area contributed by atoms with Gasteiger partial charge in [0.25, 0.3) is 5.91 Å². The number of benzene rings is 3. The van der Waals surface area contributed by atoms with Gasteiger partial charge in [0.2, 0.25) is 0 Å². The van der Waals surface area contributed by atoms with Crippen molar-refractivity contribution in [3.8, 4) is 17.1 Å². The highest BCUT2D eigenvalue weighted by Crippen LogP contribution is 2.33. The summed E-state index contributed by atoms with van der Waals surface area (Å²) in [5, 5.41) is 14.6. The zero-order valence-corrected chi connectivity index (χ0v) is 28.4. The van der Waals surface area contributed by atoms with E-state index in [4.69, 9.17) is 23.2 Å². The Labute approximate surface area is 291 Å². The van der Waals surface area contributed by atoms with Crippen LogP contribution in [-0.4, -0.2) is 70.8 Å². The Bertz CT molecular complexity index is 1490. The molecule has 0 aliphatic carbocycles. The quantitative estimate of drug-likeness (QED) is 0.207. The van der Waals surface area contributed by atoms with Crippen molar-refractivity contribution in [2.45, 2.75) is 13.0 Å². The zero-order valence-electron chi connectivity index (χ0n) is 23.7.